The molecule has 0 aliphatic rings. The third kappa shape index (κ3) is 8.97. The number of hydrogen-bond acceptors (Lipinski definition) is 5. The Morgan fingerprint density at radius 2 is 1.62 bits per heavy atom. The van der Waals surface area contributed by atoms with E-state index >= 15 is 0 Å². The van der Waals surface area contributed by atoms with Gasteiger partial charge in [-0.15, -0.1) is 40.5 Å². The van der Waals surface area contributed by atoms with Gasteiger partial charge in [-0.3, -0.25) is 14.8 Å². The molecule has 2 aromatic carbocycles. The number of fused-ring (bicyclic) bond motifs is 2. The van der Waals surface area contributed by atoms with Crippen molar-refractivity contribution in [1.82, 2.24) is 9.97 Å². The minimum Gasteiger partial charge on any atom is -0.512 e. The Balaban J connectivity index is 0.000000297. The molecule has 0 fully saturated rings. The topological polar surface area (TPSA) is 63.1 Å². The molecule has 0 amide bonds. The molecule has 6 heteroatoms. The van der Waals surface area contributed by atoms with Gasteiger partial charge < -0.3 is 5.11 Å². The van der Waals surface area contributed by atoms with Crippen molar-refractivity contribution in [2.75, 3.05) is 0 Å². The van der Waals surface area contributed by atoms with Gasteiger partial charge in [0.05, 0.1) is 5.76 Å². The largest absolute Gasteiger partial charge is 0.512 e. The first-order valence-electron chi connectivity index (χ1n) is 15.8. The summed E-state index contributed by atoms with van der Waals surface area (Å²) < 4.78 is 1.25. The minimum atomic E-state index is 0. The number of rotatable bonds is 9. The number of hydrogen-bond donors (Lipinski definition) is 1. The fraction of sp³-hybridized carbons (Fsp3) is 0.359. The van der Waals surface area contributed by atoms with Gasteiger partial charge in [0.2, 0.25) is 0 Å². The Morgan fingerprint density at radius 1 is 0.933 bits per heavy atom. The first kappa shape index (κ1) is 36.3. The van der Waals surface area contributed by atoms with E-state index in [1.54, 1.807) is 11.3 Å². The predicted octanol–water partition coefficient (Wildman–Crippen LogP) is 11.1. The molecule has 45 heavy (non-hydrogen) atoms. The number of allylic oxidation sites excluding steroid dienone is 2. The van der Waals surface area contributed by atoms with E-state index in [0.717, 1.165) is 42.3 Å². The van der Waals surface area contributed by atoms with Crippen molar-refractivity contribution < 1.29 is 30.0 Å². The minimum absolute atomic E-state index is 0. The van der Waals surface area contributed by atoms with Crippen molar-refractivity contribution in [1.29, 1.82) is 0 Å². The van der Waals surface area contributed by atoms with Crippen LogP contribution in [-0.2, 0) is 30.3 Å². The van der Waals surface area contributed by atoms with Crippen LogP contribution in [0.15, 0.2) is 85.0 Å². The van der Waals surface area contributed by atoms with E-state index in [2.05, 4.69) is 91.4 Å². The Kier molecular flexibility index (Phi) is 13.2. The smallest absolute Gasteiger partial charge is 0.162 e. The van der Waals surface area contributed by atoms with Gasteiger partial charge in [0.25, 0.3) is 0 Å². The summed E-state index contributed by atoms with van der Waals surface area (Å²) in [5.74, 6) is 0.547. The third-order valence-corrected chi connectivity index (χ3v) is 9.47. The van der Waals surface area contributed by atoms with E-state index < -0.39 is 0 Å². The molecule has 3 heterocycles. The molecule has 4 nitrogen and oxygen atoms in total. The van der Waals surface area contributed by atoms with Gasteiger partial charge >= 0.3 is 0 Å². The van der Waals surface area contributed by atoms with Crippen molar-refractivity contribution >= 4 is 38.0 Å². The van der Waals surface area contributed by atoms with Gasteiger partial charge in [-0.2, -0.15) is 0 Å². The van der Waals surface area contributed by atoms with Crippen molar-refractivity contribution in [2.24, 2.45) is 11.8 Å². The zero-order valence-electron chi connectivity index (χ0n) is 27.5. The summed E-state index contributed by atoms with van der Waals surface area (Å²) in [7, 11) is 0. The summed E-state index contributed by atoms with van der Waals surface area (Å²) in [6, 6.07) is 22.9. The first-order valence-corrected chi connectivity index (χ1v) is 16.6. The van der Waals surface area contributed by atoms with Crippen LogP contribution in [-0.4, -0.2) is 20.9 Å². The Bertz CT molecular complexity index is 1710. The Morgan fingerprint density at radius 3 is 2.27 bits per heavy atom. The maximum absolute atomic E-state index is 11.7. The molecule has 0 aliphatic heterocycles. The summed E-state index contributed by atoms with van der Waals surface area (Å²) in [4.78, 5) is 21.9. The molecule has 1 radical (unpaired) electrons. The SMILES string of the molecule is CC(C)(C)c1cc(-c2cc(-c3cc4cnccc4s3)ccn2)[c-]c2ccccc12.CCC(CC)C(=O)/C=C(\O)C(CC)CC.[Ir]. The normalized spacial score (nSPS) is 11.9. The van der Waals surface area contributed by atoms with E-state index in [0.29, 0.717) is 0 Å². The molecule has 3 aromatic heterocycles. The van der Waals surface area contributed by atoms with Crippen LogP contribution in [0, 0.1) is 17.9 Å². The molecule has 5 rings (SSSR count). The average molecular weight is 798 g/mol. The van der Waals surface area contributed by atoms with Crippen LogP contribution in [0.25, 0.3) is 42.6 Å². The van der Waals surface area contributed by atoms with Gasteiger partial charge in [-0.25, -0.2) is 0 Å². The molecule has 0 unspecified atom stereocenters. The van der Waals surface area contributed by atoms with E-state index in [1.807, 2.05) is 46.3 Å². The molecule has 0 bridgehead atoms. The van der Waals surface area contributed by atoms with Gasteiger partial charge in [0, 0.05) is 77.3 Å². The van der Waals surface area contributed by atoms with E-state index in [9.17, 15) is 9.90 Å². The van der Waals surface area contributed by atoms with Crippen molar-refractivity contribution in [3.63, 3.8) is 0 Å². The van der Waals surface area contributed by atoms with Crippen LogP contribution < -0.4 is 0 Å². The van der Waals surface area contributed by atoms with E-state index in [-0.39, 0.29) is 48.9 Å². The number of carbonyl (C=O) groups is 1. The average Bonchev–Trinajstić information content (AvgIpc) is 3.46. The van der Waals surface area contributed by atoms with Gasteiger partial charge in [-0.1, -0.05) is 83.7 Å². The predicted molar refractivity (Wildman–Crippen MR) is 187 cm³/mol. The third-order valence-electron chi connectivity index (χ3n) is 8.30. The molecule has 5 aromatic rings. The van der Waals surface area contributed by atoms with Crippen LogP contribution in [0.3, 0.4) is 0 Å². The Hall–Kier alpha value is -3.18. The van der Waals surface area contributed by atoms with Gasteiger partial charge in [-0.05, 0) is 54.9 Å². The number of thiophene rings is 1. The molecular weight excluding hydrogens is 753 g/mol. The number of carbonyl (C=O) groups excluding carboxylic acids is 1. The maximum atomic E-state index is 11.7. The number of aromatic nitrogens is 2. The van der Waals surface area contributed by atoms with Gasteiger partial charge in [0.15, 0.2) is 5.78 Å². The monoisotopic (exact) mass is 798 g/mol. The number of ketones is 1. The molecule has 239 valence electrons. The summed E-state index contributed by atoms with van der Waals surface area (Å²) in [6.07, 6.45) is 10.6. The number of benzene rings is 2. The number of nitrogens with zero attached hydrogens (tertiary/aromatic N) is 2. The number of aliphatic hydroxyl groups is 1. The van der Waals surface area contributed by atoms with Crippen LogP contribution in [0.5, 0.6) is 0 Å². The molecular formula is C39H45IrN2O2S-. The molecule has 1 N–H and O–H groups in total. The zero-order chi connectivity index (χ0) is 31.9. The van der Waals surface area contributed by atoms with Crippen molar-refractivity contribution in [2.45, 2.75) is 79.6 Å². The molecule has 0 saturated carbocycles. The summed E-state index contributed by atoms with van der Waals surface area (Å²) >= 11 is 1.79. The van der Waals surface area contributed by atoms with Crippen LogP contribution in [0.4, 0.5) is 0 Å². The summed E-state index contributed by atoms with van der Waals surface area (Å²) in [5.41, 5.74) is 4.53. The van der Waals surface area contributed by atoms with Gasteiger partial charge in [0.1, 0.15) is 0 Å². The Labute approximate surface area is 286 Å². The zero-order valence-corrected chi connectivity index (χ0v) is 30.7. The molecule has 0 atom stereocenters. The van der Waals surface area contributed by atoms with E-state index in [4.69, 9.17) is 0 Å². The molecule has 0 spiro atoms. The standard InChI is InChI=1S/C26H21N2S.C13H24O2.Ir/c1-26(2,3)22-13-19(12-17-6-4-5-7-21(17)22)23-14-18(8-11-28-23)25-15-20-16-27-10-9-24(20)29-25;1-5-10(6-2)12(14)9-13(15)11(7-3)8-4;/h4-11,13-16H,1-3H3;9-11,14H,5-8H2,1-4H3;/q-1;;/b;12-9-;. The summed E-state index contributed by atoms with van der Waals surface area (Å²) in [5, 5.41) is 13.3. The van der Waals surface area contributed by atoms with Crippen LogP contribution in [0.2, 0.25) is 0 Å². The fourth-order valence-electron chi connectivity index (χ4n) is 5.53. The number of aliphatic hydroxyl groups excluding tert-OH is 1. The second kappa shape index (κ2) is 16.4. The van der Waals surface area contributed by atoms with Crippen molar-refractivity contribution in [3.05, 3.63) is 96.7 Å². The second-order valence-corrected chi connectivity index (χ2v) is 13.4. The van der Waals surface area contributed by atoms with Crippen LogP contribution in [0.1, 0.15) is 79.7 Å². The molecule has 0 aliphatic carbocycles. The second-order valence-electron chi connectivity index (χ2n) is 12.3. The van der Waals surface area contributed by atoms with Crippen molar-refractivity contribution in [3.8, 4) is 21.7 Å². The molecule has 0 saturated heterocycles. The quantitative estimate of drug-likeness (QED) is 0.0917. The maximum Gasteiger partial charge on any atom is 0.162 e. The van der Waals surface area contributed by atoms with E-state index in [1.165, 1.54) is 37.6 Å². The summed E-state index contributed by atoms with van der Waals surface area (Å²) in [6.45, 7) is 14.8. The van der Waals surface area contributed by atoms with Crippen LogP contribution >= 0.6 is 11.3 Å². The number of pyridine rings is 2. The fourth-order valence-corrected chi connectivity index (χ4v) is 6.55. The first-order chi connectivity index (χ1) is 21.1.